The number of carbonyl (C=O) groups is 1. The van der Waals surface area contributed by atoms with Gasteiger partial charge in [-0.05, 0) is 20.3 Å². The number of carbonyl (C=O) groups excluding carboxylic acids is 1. The van der Waals surface area contributed by atoms with Gasteiger partial charge in [-0.2, -0.15) is 5.10 Å². The van der Waals surface area contributed by atoms with Crippen molar-refractivity contribution in [2.75, 3.05) is 13.2 Å². The van der Waals surface area contributed by atoms with Crippen LogP contribution in [0.4, 0.5) is 0 Å². The van der Waals surface area contributed by atoms with Gasteiger partial charge in [0.15, 0.2) is 5.65 Å². The molecule has 0 atom stereocenters. The molecule has 0 bridgehead atoms. The molecule has 0 aromatic carbocycles. The van der Waals surface area contributed by atoms with Crippen molar-refractivity contribution < 1.29 is 14.3 Å². The van der Waals surface area contributed by atoms with Crippen LogP contribution in [0, 0.1) is 6.92 Å². The number of ether oxygens (including phenoxy) is 2. The van der Waals surface area contributed by atoms with Crippen molar-refractivity contribution in [2.45, 2.75) is 33.6 Å². The van der Waals surface area contributed by atoms with Crippen molar-refractivity contribution in [3.63, 3.8) is 0 Å². The molecule has 0 unspecified atom stereocenters. The number of pyridine rings is 1. The van der Waals surface area contributed by atoms with E-state index < -0.39 is 5.97 Å². The van der Waals surface area contributed by atoms with Crippen LogP contribution in [0.2, 0.25) is 0 Å². The van der Waals surface area contributed by atoms with Crippen LogP contribution in [0.25, 0.3) is 11.0 Å². The van der Waals surface area contributed by atoms with E-state index in [1.54, 1.807) is 11.6 Å². The molecule has 0 spiro atoms. The molecule has 2 rings (SSSR count). The molecule has 0 saturated carbocycles. The van der Waals surface area contributed by atoms with Crippen molar-refractivity contribution in [3.05, 3.63) is 17.5 Å². The highest BCUT2D eigenvalue weighted by molar-refractivity contribution is 5.99. The lowest BCUT2D eigenvalue weighted by molar-refractivity contribution is 0.0521. The van der Waals surface area contributed by atoms with Crippen LogP contribution >= 0.6 is 0 Å². The molecule has 0 saturated heterocycles. The lowest BCUT2D eigenvalue weighted by atomic mass is 10.1. The maximum atomic E-state index is 12.1. The molecule has 0 aliphatic heterocycles. The van der Waals surface area contributed by atoms with E-state index in [-0.39, 0.29) is 0 Å². The van der Waals surface area contributed by atoms with E-state index in [0.29, 0.717) is 30.2 Å². The minimum Gasteiger partial charge on any atom is -0.492 e. The smallest absolute Gasteiger partial charge is 0.343 e. The second-order valence-electron chi connectivity index (χ2n) is 4.83. The zero-order valence-electron chi connectivity index (χ0n) is 13.0. The van der Waals surface area contributed by atoms with E-state index in [9.17, 15) is 4.79 Å². The summed E-state index contributed by atoms with van der Waals surface area (Å²) < 4.78 is 12.6. The molecule has 114 valence electrons. The number of fused-ring (bicyclic) bond motifs is 1. The molecule has 0 N–H and O–H groups in total. The molecule has 2 aromatic heterocycles. The van der Waals surface area contributed by atoms with E-state index >= 15 is 0 Å². The molecule has 21 heavy (non-hydrogen) atoms. The van der Waals surface area contributed by atoms with Gasteiger partial charge in [0.1, 0.15) is 11.3 Å². The zero-order chi connectivity index (χ0) is 15.4. The van der Waals surface area contributed by atoms with Gasteiger partial charge in [0, 0.05) is 13.2 Å². The molecular weight excluding hydrogens is 270 g/mol. The summed E-state index contributed by atoms with van der Waals surface area (Å²) in [7, 11) is 1.82. The zero-order valence-corrected chi connectivity index (χ0v) is 13.0. The monoisotopic (exact) mass is 291 g/mol. The van der Waals surface area contributed by atoms with Gasteiger partial charge in [-0.15, -0.1) is 0 Å². The molecule has 6 heteroatoms. The standard InChI is InChI=1S/C15H21N3O3/c1-5-7-8-21-13-11(15(19)20-6-2)9-16-14-12(13)10(3)17-18(14)4/h9H,5-8H2,1-4H3. The molecule has 0 fully saturated rings. The van der Waals surface area contributed by atoms with Gasteiger partial charge in [-0.1, -0.05) is 13.3 Å². The molecule has 2 heterocycles. The number of rotatable bonds is 6. The van der Waals surface area contributed by atoms with Gasteiger partial charge in [-0.3, -0.25) is 4.68 Å². The highest BCUT2D eigenvalue weighted by Gasteiger charge is 2.21. The van der Waals surface area contributed by atoms with E-state index in [0.717, 1.165) is 23.9 Å². The van der Waals surface area contributed by atoms with Gasteiger partial charge in [0.25, 0.3) is 0 Å². The highest BCUT2D eigenvalue weighted by Crippen LogP contribution is 2.31. The number of unbranched alkanes of at least 4 members (excludes halogenated alkanes) is 1. The summed E-state index contributed by atoms with van der Waals surface area (Å²) in [5, 5.41) is 5.12. The van der Waals surface area contributed by atoms with Gasteiger partial charge < -0.3 is 9.47 Å². The Morgan fingerprint density at radius 1 is 1.38 bits per heavy atom. The first kappa shape index (κ1) is 15.3. The van der Waals surface area contributed by atoms with Crippen molar-refractivity contribution in [2.24, 2.45) is 7.05 Å². The third-order valence-electron chi connectivity index (χ3n) is 3.22. The van der Waals surface area contributed by atoms with Gasteiger partial charge >= 0.3 is 5.97 Å². The van der Waals surface area contributed by atoms with Crippen LogP contribution < -0.4 is 4.74 Å². The van der Waals surface area contributed by atoms with E-state index in [1.165, 1.54) is 6.20 Å². The maximum absolute atomic E-state index is 12.1. The molecule has 0 aliphatic carbocycles. The fourth-order valence-electron chi connectivity index (χ4n) is 2.20. The summed E-state index contributed by atoms with van der Waals surface area (Å²) in [6.07, 6.45) is 3.45. The minimum atomic E-state index is -0.415. The molecule has 0 radical (unpaired) electrons. The summed E-state index contributed by atoms with van der Waals surface area (Å²) >= 11 is 0. The topological polar surface area (TPSA) is 66.2 Å². The van der Waals surface area contributed by atoms with Crippen molar-refractivity contribution >= 4 is 17.0 Å². The van der Waals surface area contributed by atoms with Gasteiger partial charge in [0.2, 0.25) is 0 Å². The first-order chi connectivity index (χ1) is 10.1. The second-order valence-corrected chi connectivity index (χ2v) is 4.83. The molecule has 6 nitrogen and oxygen atoms in total. The molecule has 0 amide bonds. The Balaban J connectivity index is 2.54. The Morgan fingerprint density at radius 2 is 2.14 bits per heavy atom. The lowest BCUT2D eigenvalue weighted by Gasteiger charge is -2.12. The number of hydrogen-bond acceptors (Lipinski definition) is 5. The third-order valence-corrected chi connectivity index (χ3v) is 3.22. The van der Waals surface area contributed by atoms with Crippen molar-refractivity contribution in [1.82, 2.24) is 14.8 Å². The third kappa shape index (κ3) is 2.99. The number of aryl methyl sites for hydroxylation is 2. The largest absolute Gasteiger partial charge is 0.492 e. The quantitative estimate of drug-likeness (QED) is 0.604. The Morgan fingerprint density at radius 3 is 2.81 bits per heavy atom. The van der Waals surface area contributed by atoms with Crippen molar-refractivity contribution in [1.29, 1.82) is 0 Å². The summed E-state index contributed by atoms with van der Waals surface area (Å²) in [6, 6.07) is 0. The van der Waals surface area contributed by atoms with Crippen LogP contribution in [0.15, 0.2) is 6.20 Å². The van der Waals surface area contributed by atoms with E-state index in [4.69, 9.17) is 9.47 Å². The average molecular weight is 291 g/mol. The summed E-state index contributed by atoms with van der Waals surface area (Å²) in [5.74, 6) is 0.110. The Hall–Kier alpha value is -2.11. The first-order valence-electron chi connectivity index (χ1n) is 7.22. The summed E-state index contributed by atoms with van der Waals surface area (Å²) in [4.78, 5) is 16.4. The highest BCUT2D eigenvalue weighted by atomic mass is 16.5. The van der Waals surface area contributed by atoms with Crippen LogP contribution in [0.5, 0.6) is 5.75 Å². The van der Waals surface area contributed by atoms with Gasteiger partial charge in [0.05, 0.1) is 24.3 Å². The minimum absolute atomic E-state index is 0.317. The lowest BCUT2D eigenvalue weighted by Crippen LogP contribution is -2.10. The Kier molecular flexibility index (Phi) is 4.77. The Bertz CT molecular complexity index is 649. The number of esters is 1. The number of nitrogens with zero attached hydrogens (tertiary/aromatic N) is 3. The SMILES string of the molecule is CCCCOc1c(C(=O)OCC)cnc2c1c(C)nn2C. The van der Waals surface area contributed by atoms with Crippen LogP contribution in [-0.2, 0) is 11.8 Å². The maximum Gasteiger partial charge on any atom is 0.343 e. The average Bonchev–Trinajstić information content (AvgIpc) is 2.75. The fourth-order valence-corrected chi connectivity index (χ4v) is 2.20. The summed E-state index contributed by atoms with van der Waals surface area (Å²) in [5.41, 5.74) is 1.85. The number of hydrogen-bond donors (Lipinski definition) is 0. The van der Waals surface area contributed by atoms with Crippen LogP contribution in [0.3, 0.4) is 0 Å². The first-order valence-corrected chi connectivity index (χ1v) is 7.22. The molecular formula is C15H21N3O3. The predicted octanol–water partition coefficient (Wildman–Crippen LogP) is 2.63. The summed E-state index contributed by atoms with van der Waals surface area (Å²) in [6.45, 7) is 6.61. The van der Waals surface area contributed by atoms with Gasteiger partial charge in [-0.25, -0.2) is 9.78 Å². The van der Waals surface area contributed by atoms with Crippen LogP contribution in [-0.4, -0.2) is 33.9 Å². The number of aromatic nitrogens is 3. The van der Waals surface area contributed by atoms with E-state index in [1.807, 2.05) is 14.0 Å². The fraction of sp³-hybridized carbons (Fsp3) is 0.533. The predicted molar refractivity (Wildman–Crippen MR) is 79.6 cm³/mol. The van der Waals surface area contributed by atoms with Crippen molar-refractivity contribution in [3.8, 4) is 5.75 Å². The van der Waals surface area contributed by atoms with Crippen LogP contribution in [0.1, 0.15) is 42.7 Å². The Labute approximate surface area is 124 Å². The molecule has 0 aliphatic rings. The normalized spacial score (nSPS) is 10.9. The molecule has 2 aromatic rings. The van der Waals surface area contributed by atoms with E-state index in [2.05, 4.69) is 17.0 Å². The second kappa shape index (κ2) is 6.56.